The molecule has 1 aliphatic carbocycles. The van der Waals surface area contributed by atoms with Gasteiger partial charge < -0.3 is 5.32 Å². The van der Waals surface area contributed by atoms with Crippen LogP contribution in [-0.4, -0.2) is 22.4 Å². The van der Waals surface area contributed by atoms with Gasteiger partial charge in [-0.25, -0.2) is 4.21 Å². The van der Waals surface area contributed by atoms with E-state index in [2.05, 4.69) is 21.2 Å². The summed E-state index contributed by atoms with van der Waals surface area (Å²) in [6.45, 7) is 0.638. The summed E-state index contributed by atoms with van der Waals surface area (Å²) >= 11 is 1.42. The SMILES string of the molecule is CNc1cc(Br)ccc1N(CC1CCC1)S(=O)O. The molecule has 4 nitrogen and oxygen atoms in total. The Kier molecular flexibility index (Phi) is 4.64. The van der Waals surface area contributed by atoms with Crippen molar-refractivity contribution in [3.8, 4) is 0 Å². The number of hydrogen-bond donors (Lipinski definition) is 2. The van der Waals surface area contributed by atoms with Crippen LogP contribution in [0.25, 0.3) is 0 Å². The maximum Gasteiger partial charge on any atom is 0.261 e. The summed E-state index contributed by atoms with van der Waals surface area (Å²) in [7, 11) is 1.81. The number of benzene rings is 1. The van der Waals surface area contributed by atoms with Gasteiger partial charge in [-0.05, 0) is 37.0 Å². The minimum atomic E-state index is -1.98. The highest BCUT2D eigenvalue weighted by atomic mass is 79.9. The minimum absolute atomic E-state index is 0.537. The monoisotopic (exact) mass is 332 g/mol. The van der Waals surface area contributed by atoms with Crippen LogP contribution in [0.4, 0.5) is 11.4 Å². The maximum atomic E-state index is 11.5. The van der Waals surface area contributed by atoms with Crippen LogP contribution < -0.4 is 9.62 Å². The van der Waals surface area contributed by atoms with Crippen molar-refractivity contribution < 1.29 is 8.76 Å². The Bertz CT molecular complexity index is 452. The number of hydrogen-bond acceptors (Lipinski definition) is 2. The third-order valence-electron chi connectivity index (χ3n) is 3.33. The van der Waals surface area contributed by atoms with Crippen molar-refractivity contribution in [3.05, 3.63) is 22.7 Å². The highest BCUT2D eigenvalue weighted by molar-refractivity contribution is 9.10. The zero-order valence-corrected chi connectivity index (χ0v) is 12.6. The summed E-state index contributed by atoms with van der Waals surface area (Å²) in [5, 5.41) is 3.06. The van der Waals surface area contributed by atoms with Gasteiger partial charge in [-0.3, -0.25) is 8.86 Å². The van der Waals surface area contributed by atoms with Gasteiger partial charge >= 0.3 is 0 Å². The first-order chi connectivity index (χ1) is 8.61. The van der Waals surface area contributed by atoms with Gasteiger partial charge in [-0.1, -0.05) is 22.4 Å². The van der Waals surface area contributed by atoms with E-state index in [-0.39, 0.29) is 0 Å². The molecule has 0 spiro atoms. The van der Waals surface area contributed by atoms with Gasteiger partial charge in [-0.2, -0.15) is 0 Å². The second-order valence-electron chi connectivity index (χ2n) is 4.50. The zero-order chi connectivity index (χ0) is 13.1. The quantitative estimate of drug-likeness (QED) is 0.814. The van der Waals surface area contributed by atoms with E-state index < -0.39 is 11.3 Å². The number of rotatable bonds is 5. The Morgan fingerprint density at radius 1 is 1.56 bits per heavy atom. The lowest BCUT2D eigenvalue weighted by Crippen LogP contribution is -2.34. The first-order valence-electron chi connectivity index (χ1n) is 5.97. The van der Waals surface area contributed by atoms with Crippen LogP contribution in [0.3, 0.4) is 0 Å². The molecular formula is C12H17BrN2O2S. The number of anilines is 2. The summed E-state index contributed by atoms with van der Waals surface area (Å²) in [6.07, 6.45) is 3.54. The summed E-state index contributed by atoms with van der Waals surface area (Å²) in [5.41, 5.74) is 1.62. The molecular weight excluding hydrogens is 316 g/mol. The van der Waals surface area contributed by atoms with Crippen LogP contribution >= 0.6 is 15.9 Å². The van der Waals surface area contributed by atoms with Crippen molar-refractivity contribution in [3.63, 3.8) is 0 Å². The average Bonchev–Trinajstić information content (AvgIpc) is 2.28. The fourth-order valence-electron chi connectivity index (χ4n) is 2.08. The summed E-state index contributed by atoms with van der Waals surface area (Å²) in [6, 6.07) is 5.66. The van der Waals surface area contributed by atoms with Crippen molar-refractivity contribution in [2.45, 2.75) is 19.3 Å². The highest BCUT2D eigenvalue weighted by Gasteiger charge is 2.25. The van der Waals surface area contributed by atoms with Crippen molar-refractivity contribution in [1.82, 2.24) is 0 Å². The molecule has 2 N–H and O–H groups in total. The topological polar surface area (TPSA) is 52.6 Å². The normalized spacial score (nSPS) is 17.1. The molecule has 1 aromatic carbocycles. The van der Waals surface area contributed by atoms with E-state index in [1.54, 1.807) is 4.31 Å². The lowest BCUT2D eigenvalue weighted by molar-refractivity contribution is 0.325. The molecule has 0 aliphatic heterocycles. The fourth-order valence-corrected chi connectivity index (χ4v) is 3.11. The van der Waals surface area contributed by atoms with E-state index in [9.17, 15) is 8.76 Å². The lowest BCUT2D eigenvalue weighted by atomic mass is 9.85. The standard InChI is InChI=1S/C12H17BrN2O2S/c1-14-11-7-10(13)5-6-12(11)15(18(16)17)8-9-3-2-4-9/h5-7,9,14H,2-4,8H2,1H3,(H,16,17). The molecule has 0 saturated heterocycles. The first-order valence-corrected chi connectivity index (χ1v) is 7.83. The molecule has 0 aromatic heterocycles. The second kappa shape index (κ2) is 6.04. The van der Waals surface area contributed by atoms with Crippen molar-refractivity contribution >= 4 is 38.6 Å². The van der Waals surface area contributed by atoms with Crippen LogP contribution in [0.1, 0.15) is 19.3 Å². The third-order valence-corrected chi connectivity index (χ3v) is 4.55. The van der Waals surface area contributed by atoms with Crippen LogP contribution in [0.15, 0.2) is 22.7 Å². The molecule has 2 rings (SSSR count). The minimum Gasteiger partial charge on any atom is -0.386 e. The lowest BCUT2D eigenvalue weighted by Gasteiger charge is -2.32. The molecule has 1 saturated carbocycles. The van der Waals surface area contributed by atoms with Gasteiger partial charge in [-0.15, -0.1) is 0 Å². The zero-order valence-electron chi connectivity index (χ0n) is 10.2. The molecule has 1 aromatic rings. The smallest absolute Gasteiger partial charge is 0.261 e. The van der Waals surface area contributed by atoms with E-state index in [1.165, 1.54) is 6.42 Å². The third kappa shape index (κ3) is 3.05. The summed E-state index contributed by atoms with van der Waals surface area (Å²) in [5.74, 6) is 0.537. The molecule has 0 heterocycles. The molecule has 1 fully saturated rings. The van der Waals surface area contributed by atoms with Crippen molar-refractivity contribution in [2.75, 3.05) is 23.2 Å². The number of nitrogens with zero attached hydrogens (tertiary/aromatic N) is 1. The molecule has 1 atom stereocenters. The molecule has 0 radical (unpaired) electrons. The van der Waals surface area contributed by atoms with Crippen LogP contribution in [-0.2, 0) is 11.3 Å². The van der Waals surface area contributed by atoms with Crippen LogP contribution in [0.2, 0.25) is 0 Å². The average molecular weight is 333 g/mol. The fraction of sp³-hybridized carbons (Fsp3) is 0.500. The predicted molar refractivity (Wildman–Crippen MR) is 79.1 cm³/mol. The maximum absolute atomic E-state index is 11.5. The number of halogens is 1. The Hall–Kier alpha value is -0.590. The van der Waals surface area contributed by atoms with Gasteiger partial charge in [0, 0.05) is 18.1 Å². The van der Waals surface area contributed by atoms with E-state index in [1.807, 2.05) is 25.2 Å². The van der Waals surface area contributed by atoms with Crippen molar-refractivity contribution in [2.24, 2.45) is 5.92 Å². The molecule has 6 heteroatoms. The molecule has 100 valence electrons. The Morgan fingerprint density at radius 3 is 2.78 bits per heavy atom. The summed E-state index contributed by atoms with van der Waals surface area (Å²) in [4.78, 5) is 0. The molecule has 0 amide bonds. The van der Waals surface area contributed by atoms with Crippen LogP contribution in [0.5, 0.6) is 0 Å². The van der Waals surface area contributed by atoms with Gasteiger partial charge in [0.1, 0.15) is 0 Å². The Morgan fingerprint density at radius 2 is 2.28 bits per heavy atom. The highest BCUT2D eigenvalue weighted by Crippen LogP contribution is 2.34. The van der Waals surface area contributed by atoms with Gasteiger partial charge in [0.2, 0.25) is 0 Å². The largest absolute Gasteiger partial charge is 0.386 e. The second-order valence-corrected chi connectivity index (χ2v) is 6.32. The van der Waals surface area contributed by atoms with Gasteiger partial charge in [0.05, 0.1) is 11.4 Å². The van der Waals surface area contributed by atoms with E-state index in [0.29, 0.717) is 12.5 Å². The van der Waals surface area contributed by atoms with E-state index in [4.69, 9.17) is 0 Å². The van der Waals surface area contributed by atoms with E-state index >= 15 is 0 Å². The van der Waals surface area contributed by atoms with Crippen LogP contribution in [0, 0.1) is 5.92 Å². The first kappa shape index (κ1) is 13.8. The molecule has 1 aliphatic rings. The number of nitrogens with one attached hydrogen (secondary N) is 1. The molecule has 0 bridgehead atoms. The van der Waals surface area contributed by atoms with E-state index in [0.717, 1.165) is 28.7 Å². The Labute approximate surface area is 118 Å². The Balaban J connectivity index is 2.26. The summed E-state index contributed by atoms with van der Waals surface area (Å²) < 4.78 is 23.5. The molecule has 18 heavy (non-hydrogen) atoms. The van der Waals surface area contributed by atoms with Gasteiger partial charge in [0.25, 0.3) is 11.3 Å². The van der Waals surface area contributed by atoms with Gasteiger partial charge in [0.15, 0.2) is 0 Å². The van der Waals surface area contributed by atoms with Crippen molar-refractivity contribution in [1.29, 1.82) is 0 Å². The molecule has 1 unspecified atom stereocenters. The predicted octanol–water partition coefficient (Wildman–Crippen LogP) is 3.23.